The Morgan fingerprint density at radius 2 is 1.97 bits per heavy atom. The molecule has 1 saturated carbocycles. The summed E-state index contributed by atoms with van der Waals surface area (Å²) in [5, 5.41) is 4.56. The number of carbonyl (C=O) groups excluding carboxylic acids is 1. The standard InChI is InChI=1S/C25H32N6O2/c1-5-30(6-2)15-14-29(3)24(32)21-17-27-31(23(21)18-10-11-18)25-26-13-12-22(28-25)19-8-7-9-20(16-19)33-4/h7-9,12-13,16-18H,5-6,10-11,14-15H2,1-4H3. The molecule has 1 amide bonds. The first-order chi connectivity index (χ1) is 16.0. The zero-order chi connectivity index (χ0) is 23.4. The molecule has 8 nitrogen and oxygen atoms in total. The molecule has 174 valence electrons. The third kappa shape index (κ3) is 5.06. The predicted octanol–water partition coefficient (Wildman–Crippen LogP) is 3.63. The lowest BCUT2D eigenvalue weighted by molar-refractivity contribution is 0.0778. The van der Waals surface area contributed by atoms with Crippen molar-refractivity contribution in [2.24, 2.45) is 0 Å². The van der Waals surface area contributed by atoms with E-state index in [1.807, 2.05) is 37.4 Å². The van der Waals surface area contributed by atoms with E-state index in [4.69, 9.17) is 9.72 Å². The lowest BCUT2D eigenvalue weighted by Gasteiger charge is -2.23. The van der Waals surface area contributed by atoms with Crippen LogP contribution >= 0.6 is 0 Å². The zero-order valence-corrected chi connectivity index (χ0v) is 19.9. The Labute approximate surface area is 195 Å². The Morgan fingerprint density at radius 1 is 1.18 bits per heavy atom. The van der Waals surface area contributed by atoms with E-state index in [1.165, 1.54) is 0 Å². The number of hydrogen-bond acceptors (Lipinski definition) is 6. The quantitative estimate of drug-likeness (QED) is 0.471. The van der Waals surface area contributed by atoms with Crippen molar-refractivity contribution < 1.29 is 9.53 Å². The molecule has 2 aromatic heterocycles. The van der Waals surface area contributed by atoms with Crippen LogP contribution in [0.25, 0.3) is 17.2 Å². The third-order valence-electron chi connectivity index (χ3n) is 6.19. The number of carbonyl (C=O) groups is 1. The SMILES string of the molecule is CCN(CC)CCN(C)C(=O)c1cnn(-c2nccc(-c3cccc(OC)c3)n2)c1C1CC1. The number of hydrogen-bond donors (Lipinski definition) is 0. The molecule has 0 N–H and O–H groups in total. The maximum absolute atomic E-state index is 13.3. The molecule has 0 spiro atoms. The van der Waals surface area contributed by atoms with Crippen molar-refractivity contribution in [3.05, 3.63) is 54.0 Å². The third-order valence-corrected chi connectivity index (χ3v) is 6.19. The second-order valence-electron chi connectivity index (χ2n) is 8.36. The summed E-state index contributed by atoms with van der Waals surface area (Å²) in [4.78, 5) is 26.6. The lowest BCUT2D eigenvalue weighted by Crippen LogP contribution is -2.36. The number of benzene rings is 1. The summed E-state index contributed by atoms with van der Waals surface area (Å²) in [6.07, 6.45) is 5.49. The highest BCUT2D eigenvalue weighted by Gasteiger charge is 2.34. The number of ether oxygens (including phenoxy) is 1. The van der Waals surface area contributed by atoms with E-state index < -0.39 is 0 Å². The molecule has 4 rings (SSSR count). The van der Waals surface area contributed by atoms with Gasteiger partial charge in [-0.3, -0.25) is 4.79 Å². The zero-order valence-electron chi connectivity index (χ0n) is 19.9. The van der Waals surface area contributed by atoms with Crippen LogP contribution < -0.4 is 4.74 Å². The first-order valence-electron chi connectivity index (χ1n) is 11.6. The lowest BCUT2D eigenvalue weighted by atomic mass is 10.1. The Kier molecular flexibility index (Phi) is 7.03. The summed E-state index contributed by atoms with van der Waals surface area (Å²) in [5.41, 5.74) is 3.28. The van der Waals surface area contributed by atoms with Crippen molar-refractivity contribution in [1.29, 1.82) is 0 Å². The summed E-state index contributed by atoms with van der Waals surface area (Å²) in [5.74, 6) is 1.55. The van der Waals surface area contributed by atoms with E-state index >= 15 is 0 Å². The van der Waals surface area contributed by atoms with Crippen LogP contribution in [-0.2, 0) is 0 Å². The van der Waals surface area contributed by atoms with Crippen molar-refractivity contribution in [2.75, 3.05) is 40.3 Å². The molecule has 0 unspecified atom stereocenters. The van der Waals surface area contributed by atoms with E-state index in [1.54, 1.807) is 29.1 Å². The summed E-state index contributed by atoms with van der Waals surface area (Å²) in [6.45, 7) is 7.77. The second kappa shape index (κ2) is 10.1. The van der Waals surface area contributed by atoms with Crippen molar-refractivity contribution in [3.63, 3.8) is 0 Å². The molecule has 0 atom stereocenters. The van der Waals surface area contributed by atoms with E-state index in [-0.39, 0.29) is 5.91 Å². The average Bonchev–Trinajstić information content (AvgIpc) is 3.61. The highest BCUT2D eigenvalue weighted by Crippen LogP contribution is 2.42. The van der Waals surface area contributed by atoms with Crippen LogP contribution in [0.1, 0.15) is 48.7 Å². The summed E-state index contributed by atoms with van der Waals surface area (Å²) in [6, 6.07) is 9.63. The largest absolute Gasteiger partial charge is 0.497 e. The number of likely N-dealkylation sites (N-methyl/N-ethyl adjacent to an activating group) is 2. The van der Waals surface area contributed by atoms with Gasteiger partial charge in [0.1, 0.15) is 5.75 Å². The molecule has 2 heterocycles. The van der Waals surface area contributed by atoms with Gasteiger partial charge in [0.15, 0.2) is 0 Å². The van der Waals surface area contributed by atoms with Gasteiger partial charge in [-0.25, -0.2) is 14.6 Å². The van der Waals surface area contributed by atoms with Crippen molar-refractivity contribution >= 4 is 5.91 Å². The second-order valence-corrected chi connectivity index (χ2v) is 8.36. The smallest absolute Gasteiger partial charge is 0.257 e. The minimum absolute atomic E-state index is 0.000688. The van der Waals surface area contributed by atoms with Crippen molar-refractivity contribution in [3.8, 4) is 23.0 Å². The number of amides is 1. The molecule has 1 aromatic carbocycles. The number of aromatic nitrogens is 4. The molecular weight excluding hydrogens is 416 g/mol. The van der Waals surface area contributed by atoms with Gasteiger partial charge in [0.05, 0.1) is 30.3 Å². The van der Waals surface area contributed by atoms with Gasteiger partial charge in [-0.05, 0) is 44.1 Å². The van der Waals surface area contributed by atoms with Gasteiger partial charge in [0.2, 0.25) is 0 Å². The minimum Gasteiger partial charge on any atom is -0.497 e. The predicted molar refractivity (Wildman–Crippen MR) is 128 cm³/mol. The van der Waals surface area contributed by atoms with Crippen molar-refractivity contribution in [2.45, 2.75) is 32.6 Å². The van der Waals surface area contributed by atoms with Crippen LogP contribution in [0.3, 0.4) is 0 Å². The molecule has 0 bridgehead atoms. The number of methoxy groups -OCH3 is 1. The summed E-state index contributed by atoms with van der Waals surface area (Å²) < 4.78 is 7.09. The maximum Gasteiger partial charge on any atom is 0.257 e. The van der Waals surface area contributed by atoms with Crippen LogP contribution in [0, 0.1) is 0 Å². The Bertz CT molecular complexity index is 1100. The molecular formula is C25H32N6O2. The molecule has 1 aliphatic carbocycles. The van der Waals surface area contributed by atoms with Gasteiger partial charge in [0.25, 0.3) is 11.9 Å². The van der Waals surface area contributed by atoms with Crippen LogP contribution in [0.4, 0.5) is 0 Å². The van der Waals surface area contributed by atoms with Crippen molar-refractivity contribution in [1.82, 2.24) is 29.5 Å². The molecule has 8 heteroatoms. The van der Waals surface area contributed by atoms with Crippen LogP contribution in [0.5, 0.6) is 5.75 Å². The fourth-order valence-electron chi connectivity index (χ4n) is 3.96. The van der Waals surface area contributed by atoms with Gasteiger partial charge in [-0.15, -0.1) is 0 Å². The van der Waals surface area contributed by atoms with E-state index in [0.29, 0.717) is 24.0 Å². The first kappa shape index (κ1) is 22.9. The average molecular weight is 449 g/mol. The monoisotopic (exact) mass is 448 g/mol. The van der Waals surface area contributed by atoms with Crippen LogP contribution in [0.2, 0.25) is 0 Å². The molecule has 1 fully saturated rings. The highest BCUT2D eigenvalue weighted by atomic mass is 16.5. The first-order valence-corrected chi connectivity index (χ1v) is 11.6. The number of rotatable bonds is 10. The minimum atomic E-state index is -0.000688. The van der Waals surface area contributed by atoms with Gasteiger partial charge in [-0.1, -0.05) is 26.0 Å². The normalized spacial score (nSPS) is 13.4. The molecule has 3 aromatic rings. The molecule has 1 aliphatic rings. The summed E-state index contributed by atoms with van der Waals surface area (Å²) >= 11 is 0. The van der Waals surface area contributed by atoms with Gasteiger partial charge in [-0.2, -0.15) is 5.10 Å². The summed E-state index contributed by atoms with van der Waals surface area (Å²) in [7, 11) is 3.51. The van der Waals surface area contributed by atoms with Crippen LogP contribution in [0.15, 0.2) is 42.7 Å². The van der Waals surface area contributed by atoms with Gasteiger partial charge in [0, 0.05) is 37.8 Å². The molecule has 0 aliphatic heterocycles. The number of nitrogens with zero attached hydrogens (tertiary/aromatic N) is 6. The highest BCUT2D eigenvalue weighted by molar-refractivity contribution is 5.95. The molecule has 0 radical (unpaired) electrons. The maximum atomic E-state index is 13.3. The molecule has 0 saturated heterocycles. The van der Waals surface area contributed by atoms with E-state index in [0.717, 1.165) is 55.2 Å². The Hall–Kier alpha value is -3.26. The molecule has 33 heavy (non-hydrogen) atoms. The Balaban J connectivity index is 1.62. The topological polar surface area (TPSA) is 76.4 Å². The fraction of sp³-hybridized carbons (Fsp3) is 0.440. The fourth-order valence-corrected chi connectivity index (χ4v) is 3.96. The van der Waals surface area contributed by atoms with Crippen LogP contribution in [-0.4, -0.2) is 75.8 Å². The van der Waals surface area contributed by atoms with E-state index in [9.17, 15) is 4.79 Å². The van der Waals surface area contributed by atoms with Gasteiger partial charge < -0.3 is 14.5 Å². The van der Waals surface area contributed by atoms with Gasteiger partial charge >= 0.3 is 0 Å². The Morgan fingerprint density at radius 3 is 2.67 bits per heavy atom. The van der Waals surface area contributed by atoms with E-state index in [2.05, 4.69) is 28.8 Å².